The zero-order valence-electron chi connectivity index (χ0n) is 28.0. The van der Waals surface area contributed by atoms with E-state index in [0.717, 1.165) is 53.7 Å². The second-order valence-electron chi connectivity index (χ2n) is 13.8. The van der Waals surface area contributed by atoms with E-state index in [2.05, 4.69) is 76.6 Å². The number of unbranched alkanes of at least 4 members (excludes halogenated alkanes) is 1. The van der Waals surface area contributed by atoms with Crippen molar-refractivity contribution in [3.05, 3.63) is 31.1 Å². The van der Waals surface area contributed by atoms with Gasteiger partial charge in [0.05, 0.1) is 0 Å². The fraction of sp³-hybridized carbons (Fsp3) is 0.816. The van der Waals surface area contributed by atoms with Crippen LogP contribution < -0.4 is 0 Å². The van der Waals surface area contributed by atoms with Gasteiger partial charge >= 0.3 is 0 Å². The quantitative estimate of drug-likeness (QED) is 0.254. The summed E-state index contributed by atoms with van der Waals surface area (Å²) in [5.41, 5.74) is 1.96. The third-order valence-corrected chi connectivity index (χ3v) is 12.1. The van der Waals surface area contributed by atoms with E-state index in [1.165, 1.54) is 83.5 Å². The van der Waals surface area contributed by atoms with E-state index in [0.29, 0.717) is 10.8 Å². The van der Waals surface area contributed by atoms with Gasteiger partial charge in [-0.15, -0.1) is 19.6 Å². The Morgan fingerprint density at radius 3 is 2.20 bits per heavy atom. The Morgan fingerprint density at radius 2 is 1.62 bits per heavy atom. The fourth-order valence-electron chi connectivity index (χ4n) is 9.64. The summed E-state index contributed by atoms with van der Waals surface area (Å²) in [6, 6.07) is 1.99. The minimum Gasteiger partial charge on any atom is -0.271 e. The molecular formula is C38H66N2. The lowest BCUT2D eigenvalue weighted by atomic mass is 9.47. The standard InChI is InChI=1S/C30H46N2.C4H10.C2H6.C2H4/c1-6-21(20-32-18-15-23(7-2)31-32)27-11-12-28-26-10-9-22-19-29(4,8-3)16-13-24(22)25(26)14-17-30(27,28)5;1-3-4-2;2*1-2/h2,15,18,21-22,24-28H,6,8-14,16-17,19-20H2,1,3-5H3;3-4H2,1-2H3;1-2H3;1-2H2/t21?,22?,24?,25?,26?,27?,28?,29-,30?;;;/m0.../s1. The van der Waals surface area contributed by atoms with Crippen molar-refractivity contribution in [2.24, 2.45) is 52.3 Å². The van der Waals surface area contributed by atoms with Gasteiger partial charge in [-0.25, -0.2) is 0 Å². The molecule has 0 aliphatic heterocycles. The van der Waals surface area contributed by atoms with Crippen molar-refractivity contribution in [2.75, 3.05) is 0 Å². The monoisotopic (exact) mass is 551 g/mol. The second-order valence-corrected chi connectivity index (χ2v) is 13.8. The van der Waals surface area contributed by atoms with Crippen molar-refractivity contribution in [3.8, 4) is 12.3 Å². The van der Waals surface area contributed by atoms with E-state index in [9.17, 15) is 0 Å². The average Bonchev–Trinajstić information content (AvgIpc) is 3.61. The Morgan fingerprint density at radius 1 is 0.950 bits per heavy atom. The maximum Gasteiger partial charge on any atom is 0.134 e. The van der Waals surface area contributed by atoms with Crippen molar-refractivity contribution in [3.63, 3.8) is 0 Å². The molecule has 1 aromatic rings. The smallest absolute Gasteiger partial charge is 0.134 e. The highest BCUT2D eigenvalue weighted by atomic mass is 15.3. The van der Waals surface area contributed by atoms with Crippen molar-refractivity contribution in [2.45, 2.75) is 145 Å². The molecule has 0 amide bonds. The van der Waals surface area contributed by atoms with Crippen LogP contribution in [0.1, 0.15) is 145 Å². The minimum absolute atomic E-state index is 0.545. The molecule has 4 fully saturated rings. The van der Waals surface area contributed by atoms with Crippen LogP contribution in [-0.4, -0.2) is 9.78 Å². The number of hydrogen-bond donors (Lipinski definition) is 0. The van der Waals surface area contributed by atoms with Crippen LogP contribution >= 0.6 is 0 Å². The Hall–Kier alpha value is -1.49. The van der Waals surface area contributed by atoms with Gasteiger partial charge in [0.15, 0.2) is 0 Å². The summed E-state index contributed by atoms with van der Waals surface area (Å²) >= 11 is 0. The maximum absolute atomic E-state index is 5.56. The van der Waals surface area contributed by atoms with Crippen LogP contribution in [-0.2, 0) is 6.54 Å². The van der Waals surface area contributed by atoms with E-state index < -0.39 is 0 Å². The first-order chi connectivity index (χ1) is 19.3. The van der Waals surface area contributed by atoms with Gasteiger partial charge in [0.25, 0.3) is 0 Å². The lowest BCUT2D eigenvalue weighted by molar-refractivity contribution is -0.0847. The molecule has 0 N–H and O–H groups in total. The summed E-state index contributed by atoms with van der Waals surface area (Å²) in [6.45, 7) is 25.5. The van der Waals surface area contributed by atoms with Crippen LogP contribution in [0.15, 0.2) is 25.4 Å². The topological polar surface area (TPSA) is 17.8 Å². The molecule has 2 nitrogen and oxygen atoms in total. The average molecular weight is 551 g/mol. The first-order valence-corrected chi connectivity index (χ1v) is 17.3. The van der Waals surface area contributed by atoms with Gasteiger partial charge in [0.1, 0.15) is 5.69 Å². The molecule has 228 valence electrons. The molecule has 5 rings (SSSR count). The lowest BCUT2D eigenvalue weighted by Gasteiger charge is -2.58. The number of hydrogen-bond acceptors (Lipinski definition) is 1. The van der Waals surface area contributed by atoms with E-state index in [4.69, 9.17) is 6.42 Å². The molecule has 9 atom stereocenters. The van der Waals surface area contributed by atoms with Gasteiger partial charge in [-0.1, -0.05) is 81.1 Å². The largest absolute Gasteiger partial charge is 0.271 e. The first-order valence-electron chi connectivity index (χ1n) is 17.3. The van der Waals surface area contributed by atoms with Gasteiger partial charge in [-0.3, -0.25) is 4.68 Å². The third kappa shape index (κ3) is 7.47. The Balaban J connectivity index is 0.000000634. The summed E-state index contributed by atoms with van der Waals surface area (Å²) in [4.78, 5) is 0. The Labute approximate surface area is 250 Å². The van der Waals surface area contributed by atoms with E-state index >= 15 is 0 Å². The number of aromatic nitrogens is 2. The number of rotatable bonds is 6. The highest BCUT2D eigenvalue weighted by Gasteiger charge is 2.58. The van der Waals surface area contributed by atoms with Crippen LogP contribution in [0.2, 0.25) is 0 Å². The highest BCUT2D eigenvalue weighted by molar-refractivity contribution is 5.21. The van der Waals surface area contributed by atoms with E-state index in [1.54, 1.807) is 0 Å². The molecule has 4 saturated carbocycles. The first kappa shape index (κ1) is 34.7. The normalized spacial score (nSPS) is 36.4. The molecule has 2 heteroatoms. The molecule has 8 unspecified atom stereocenters. The van der Waals surface area contributed by atoms with Gasteiger partial charge in [0.2, 0.25) is 0 Å². The number of terminal acetylenes is 1. The molecule has 40 heavy (non-hydrogen) atoms. The summed E-state index contributed by atoms with van der Waals surface area (Å²) in [5.74, 6) is 9.37. The molecule has 1 heterocycles. The van der Waals surface area contributed by atoms with Gasteiger partial charge < -0.3 is 0 Å². The van der Waals surface area contributed by atoms with Crippen LogP contribution in [0.3, 0.4) is 0 Å². The summed E-state index contributed by atoms with van der Waals surface area (Å²) in [5, 5.41) is 4.62. The second kappa shape index (κ2) is 16.2. The zero-order chi connectivity index (χ0) is 29.9. The summed E-state index contributed by atoms with van der Waals surface area (Å²) in [6.07, 6.45) is 26.4. The van der Waals surface area contributed by atoms with E-state index in [1.807, 2.05) is 19.9 Å². The fourth-order valence-corrected chi connectivity index (χ4v) is 9.64. The molecule has 4 aliphatic rings. The van der Waals surface area contributed by atoms with Crippen molar-refractivity contribution in [1.82, 2.24) is 9.78 Å². The number of nitrogens with zero attached hydrogens (tertiary/aromatic N) is 2. The molecule has 1 aromatic heterocycles. The van der Waals surface area contributed by atoms with Crippen LogP contribution in [0, 0.1) is 64.6 Å². The molecular weight excluding hydrogens is 484 g/mol. The van der Waals surface area contributed by atoms with Gasteiger partial charge in [-0.2, -0.15) is 5.10 Å². The van der Waals surface area contributed by atoms with Gasteiger partial charge in [-0.05, 0) is 122 Å². The van der Waals surface area contributed by atoms with Crippen LogP contribution in [0.4, 0.5) is 0 Å². The molecule has 0 spiro atoms. The zero-order valence-corrected chi connectivity index (χ0v) is 28.0. The minimum atomic E-state index is 0.545. The Kier molecular flexibility index (Phi) is 14.1. The van der Waals surface area contributed by atoms with Crippen LogP contribution in [0.5, 0.6) is 0 Å². The summed E-state index contributed by atoms with van der Waals surface area (Å²) < 4.78 is 2.13. The van der Waals surface area contributed by atoms with Crippen molar-refractivity contribution < 1.29 is 0 Å². The van der Waals surface area contributed by atoms with Crippen LogP contribution in [0.25, 0.3) is 0 Å². The number of fused-ring (bicyclic) bond motifs is 5. The highest BCUT2D eigenvalue weighted by Crippen LogP contribution is 2.66. The molecule has 0 aromatic carbocycles. The Bertz CT molecular complexity index is 892. The third-order valence-electron chi connectivity index (χ3n) is 12.1. The predicted octanol–water partition coefficient (Wildman–Crippen LogP) is 11.2. The lowest BCUT2D eigenvalue weighted by Crippen LogP contribution is -2.50. The SMILES string of the molecule is C#Cc1ccn(CC(CC)C2CCC3C4CCC5C[C@@](C)(CC)CCC5C4CCC23C)n1.C=C.CC.CCCC. The van der Waals surface area contributed by atoms with E-state index in [-0.39, 0.29) is 0 Å². The molecule has 4 aliphatic carbocycles. The van der Waals surface area contributed by atoms with Crippen molar-refractivity contribution >= 4 is 0 Å². The molecule has 0 saturated heterocycles. The summed E-state index contributed by atoms with van der Waals surface area (Å²) in [7, 11) is 0. The maximum atomic E-state index is 5.56. The molecule has 0 bridgehead atoms. The molecule has 0 radical (unpaired) electrons. The van der Waals surface area contributed by atoms with Gasteiger partial charge in [0, 0.05) is 12.7 Å². The predicted molar refractivity (Wildman–Crippen MR) is 176 cm³/mol. The van der Waals surface area contributed by atoms with Crippen molar-refractivity contribution in [1.29, 1.82) is 0 Å².